The Morgan fingerprint density at radius 2 is 2.10 bits per heavy atom. The topological polar surface area (TPSA) is 55.6 Å². The molecule has 0 aliphatic rings. The van der Waals surface area contributed by atoms with Gasteiger partial charge in [0.25, 0.3) is 5.91 Å². The third-order valence-electron chi connectivity index (χ3n) is 3.28. The van der Waals surface area contributed by atoms with Gasteiger partial charge in [-0.05, 0) is 37.4 Å². The van der Waals surface area contributed by atoms with Gasteiger partial charge in [0.2, 0.25) is 0 Å². The van der Waals surface area contributed by atoms with E-state index in [2.05, 4.69) is 0 Å². The molecule has 1 amide bonds. The highest BCUT2D eigenvalue weighted by atomic mass is 32.1. The predicted octanol–water partition coefficient (Wildman–Crippen LogP) is 3.39. The molecule has 0 saturated heterocycles. The molecule has 0 unspecified atom stereocenters. The van der Waals surface area contributed by atoms with Crippen LogP contribution in [-0.4, -0.2) is 24.0 Å². The molecule has 0 saturated carbocycles. The van der Waals surface area contributed by atoms with E-state index in [0.29, 0.717) is 23.5 Å². The molecule has 0 atom stereocenters. The van der Waals surface area contributed by atoms with Crippen LogP contribution < -0.4 is 10.5 Å². The maximum absolute atomic E-state index is 12.9. The van der Waals surface area contributed by atoms with E-state index in [9.17, 15) is 4.79 Å². The van der Waals surface area contributed by atoms with Crippen molar-refractivity contribution in [3.63, 3.8) is 0 Å². The molecule has 0 radical (unpaired) electrons. The van der Waals surface area contributed by atoms with Crippen molar-refractivity contribution in [1.29, 1.82) is 0 Å². The van der Waals surface area contributed by atoms with E-state index in [-0.39, 0.29) is 11.9 Å². The standard InChI is InChI=1S/C16H20N2O2S/c1-11(2)18(10-12-6-5-9-21-12)16(19)15-13(17)7-4-8-14(15)20-3/h4-9,11H,10,17H2,1-3H3. The summed E-state index contributed by atoms with van der Waals surface area (Å²) in [5, 5.41) is 2.01. The minimum absolute atomic E-state index is 0.0731. The van der Waals surface area contributed by atoms with Gasteiger partial charge in [0.1, 0.15) is 11.3 Å². The average molecular weight is 304 g/mol. The summed E-state index contributed by atoms with van der Waals surface area (Å²) in [5.74, 6) is 0.408. The van der Waals surface area contributed by atoms with Crippen LogP contribution in [0.5, 0.6) is 5.75 Å². The first-order valence-corrected chi connectivity index (χ1v) is 7.68. The average Bonchev–Trinajstić information content (AvgIpc) is 2.96. The number of hydrogen-bond donors (Lipinski definition) is 1. The van der Waals surface area contributed by atoms with E-state index >= 15 is 0 Å². The number of methoxy groups -OCH3 is 1. The number of nitrogen functional groups attached to an aromatic ring is 1. The molecule has 0 spiro atoms. The smallest absolute Gasteiger partial charge is 0.260 e. The zero-order chi connectivity index (χ0) is 15.4. The number of amides is 1. The lowest BCUT2D eigenvalue weighted by Crippen LogP contribution is -2.36. The fourth-order valence-electron chi connectivity index (χ4n) is 2.15. The molecule has 0 bridgehead atoms. The zero-order valence-corrected chi connectivity index (χ0v) is 13.3. The number of anilines is 1. The second-order valence-electron chi connectivity index (χ2n) is 5.03. The summed E-state index contributed by atoms with van der Waals surface area (Å²) in [6, 6.07) is 9.35. The third-order valence-corrected chi connectivity index (χ3v) is 4.14. The second-order valence-corrected chi connectivity index (χ2v) is 6.06. The molecule has 5 heteroatoms. The molecule has 0 aliphatic carbocycles. The van der Waals surface area contributed by atoms with Crippen LogP contribution in [0.1, 0.15) is 29.1 Å². The summed E-state index contributed by atoms with van der Waals surface area (Å²) in [4.78, 5) is 15.8. The number of rotatable bonds is 5. The summed E-state index contributed by atoms with van der Waals surface area (Å²) >= 11 is 1.64. The lowest BCUT2D eigenvalue weighted by Gasteiger charge is -2.27. The molecule has 112 valence electrons. The second kappa shape index (κ2) is 6.63. The number of carbonyl (C=O) groups excluding carboxylic acids is 1. The molecule has 2 aromatic rings. The van der Waals surface area contributed by atoms with Crippen LogP contribution in [0.15, 0.2) is 35.7 Å². The van der Waals surface area contributed by atoms with Crippen LogP contribution in [0.3, 0.4) is 0 Å². The monoisotopic (exact) mass is 304 g/mol. The Kier molecular flexibility index (Phi) is 4.85. The largest absolute Gasteiger partial charge is 0.496 e. The number of benzene rings is 1. The summed E-state index contributed by atoms with van der Waals surface area (Å²) in [7, 11) is 1.55. The van der Waals surface area contributed by atoms with Gasteiger partial charge in [0, 0.05) is 16.6 Å². The first kappa shape index (κ1) is 15.4. The van der Waals surface area contributed by atoms with Gasteiger partial charge in [-0.3, -0.25) is 4.79 Å². The van der Waals surface area contributed by atoms with Crippen LogP contribution >= 0.6 is 11.3 Å². The molecular weight excluding hydrogens is 284 g/mol. The van der Waals surface area contributed by atoms with Crippen LogP contribution in [0.2, 0.25) is 0 Å². The molecule has 2 N–H and O–H groups in total. The molecule has 0 aliphatic heterocycles. The van der Waals surface area contributed by atoms with Crippen molar-refractivity contribution >= 4 is 22.9 Å². The molecule has 4 nitrogen and oxygen atoms in total. The molecule has 2 rings (SSSR count). The number of ether oxygens (including phenoxy) is 1. The highest BCUT2D eigenvalue weighted by molar-refractivity contribution is 7.09. The Labute approximate surface area is 129 Å². The van der Waals surface area contributed by atoms with Crippen molar-refractivity contribution in [2.24, 2.45) is 0 Å². The summed E-state index contributed by atoms with van der Waals surface area (Å²) in [6.45, 7) is 4.57. The van der Waals surface area contributed by atoms with E-state index in [1.54, 1.807) is 41.5 Å². The molecule has 21 heavy (non-hydrogen) atoms. The SMILES string of the molecule is COc1cccc(N)c1C(=O)N(Cc1cccs1)C(C)C. The van der Waals surface area contributed by atoms with Crippen LogP contribution in [0.25, 0.3) is 0 Å². The fourth-order valence-corrected chi connectivity index (χ4v) is 2.85. The third kappa shape index (κ3) is 3.36. The lowest BCUT2D eigenvalue weighted by molar-refractivity contribution is 0.0690. The maximum Gasteiger partial charge on any atom is 0.260 e. The normalized spacial score (nSPS) is 10.7. The van der Waals surface area contributed by atoms with Crippen LogP contribution in [0, 0.1) is 0 Å². The van der Waals surface area contributed by atoms with E-state index in [4.69, 9.17) is 10.5 Å². The van der Waals surface area contributed by atoms with Gasteiger partial charge in [-0.15, -0.1) is 11.3 Å². The summed E-state index contributed by atoms with van der Waals surface area (Å²) in [5.41, 5.74) is 6.86. The summed E-state index contributed by atoms with van der Waals surface area (Å²) in [6.07, 6.45) is 0. The Hall–Kier alpha value is -2.01. The van der Waals surface area contributed by atoms with Gasteiger partial charge in [0.05, 0.1) is 13.7 Å². The minimum Gasteiger partial charge on any atom is -0.496 e. The van der Waals surface area contributed by atoms with Crippen molar-refractivity contribution in [2.75, 3.05) is 12.8 Å². The van der Waals surface area contributed by atoms with Gasteiger partial charge in [-0.25, -0.2) is 0 Å². The molecule has 1 aromatic carbocycles. The van der Waals surface area contributed by atoms with Gasteiger partial charge in [0.15, 0.2) is 0 Å². The Morgan fingerprint density at radius 1 is 1.33 bits per heavy atom. The van der Waals surface area contributed by atoms with Crippen molar-refractivity contribution < 1.29 is 9.53 Å². The first-order valence-electron chi connectivity index (χ1n) is 6.80. The lowest BCUT2D eigenvalue weighted by atomic mass is 10.1. The molecular formula is C16H20N2O2S. The van der Waals surface area contributed by atoms with Crippen molar-refractivity contribution in [3.05, 3.63) is 46.2 Å². The highest BCUT2D eigenvalue weighted by Gasteiger charge is 2.24. The summed E-state index contributed by atoms with van der Waals surface area (Å²) < 4.78 is 5.29. The van der Waals surface area contributed by atoms with Gasteiger partial charge < -0.3 is 15.4 Å². The van der Waals surface area contributed by atoms with E-state index in [1.165, 1.54) is 0 Å². The van der Waals surface area contributed by atoms with Crippen LogP contribution in [0.4, 0.5) is 5.69 Å². The van der Waals surface area contributed by atoms with Gasteiger partial charge >= 0.3 is 0 Å². The predicted molar refractivity (Wildman–Crippen MR) is 86.7 cm³/mol. The quantitative estimate of drug-likeness (QED) is 0.861. The number of hydrogen-bond acceptors (Lipinski definition) is 4. The van der Waals surface area contributed by atoms with E-state index < -0.39 is 0 Å². The van der Waals surface area contributed by atoms with E-state index in [1.807, 2.05) is 31.4 Å². The van der Waals surface area contributed by atoms with Crippen molar-refractivity contribution in [1.82, 2.24) is 4.90 Å². The number of thiophene rings is 1. The molecule has 0 fully saturated rings. The van der Waals surface area contributed by atoms with Crippen molar-refractivity contribution in [3.8, 4) is 5.75 Å². The van der Waals surface area contributed by atoms with E-state index in [0.717, 1.165) is 4.88 Å². The molecule has 1 heterocycles. The van der Waals surface area contributed by atoms with Crippen LogP contribution in [-0.2, 0) is 6.54 Å². The highest BCUT2D eigenvalue weighted by Crippen LogP contribution is 2.27. The minimum atomic E-state index is -0.103. The first-order chi connectivity index (χ1) is 10.0. The van der Waals surface area contributed by atoms with Gasteiger partial charge in [-0.1, -0.05) is 12.1 Å². The Balaban J connectivity index is 2.35. The number of nitrogens with zero attached hydrogens (tertiary/aromatic N) is 1. The Bertz CT molecular complexity index is 609. The van der Waals surface area contributed by atoms with Crippen molar-refractivity contribution in [2.45, 2.75) is 26.4 Å². The maximum atomic E-state index is 12.9. The number of nitrogens with two attached hydrogens (primary N) is 1. The molecule has 1 aromatic heterocycles. The number of carbonyl (C=O) groups is 1. The van der Waals surface area contributed by atoms with Gasteiger partial charge in [-0.2, -0.15) is 0 Å². The zero-order valence-electron chi connectivity index (χ0n) is 12.5. The Morgan fingerprint density at radius 3 is 2.67 bits per heavy atom. The fraction of sp³-hybridized carbons (Fsp3) is 0.312.